The molecule has 2 aliphatic heterocycles. The summed E-state index contributed by atoms with van der Waals surface area (Å²) >= 11 is 1.27. The minimum absolute atomic E-state index is 0.0828. The Morgan fingerprint density at radius 3 is 2.93 bits per heavy atom. The highest BCUT2D eigenvalue weighted by Crippen LogP contribution is 2.32. The zero-order chi connectivity index (χ0) is 18.8. The van der Waals surface area contributed by atoms with Crippen molar-refractivity contribution in [2.75, 3.05) is 19.6 Å². The van der Waals surface area contributed by atoms with Crippen molar-refractivity contribution in [2.45, 2.75) is 45.1 Å². The van der Waals surface area contributed by atoms with Gasteiger partial charge in [-0.05, 0) is 63.7 Å². The van der Waals surface area contributed by atoms with Gasteiger partial charge in [-0.3, -0.25) is 4.79 Å². The molecule has 2 atom stereocenters. The Morgan fingerprint density at radius 2 is 2.07 bits per heavy atom. The van der Waals surface area contributed by atoms with Gasteiger partial charge in [0.25, 0.3) is 5.91 Å². The second kappa shape index (κ2) is 8.07. The van der Waals surface area contributed by atoms with Crippen molar-refractivity contribution in [1.82, 2.24) is 15.2 Å². The van der Waals surface area contributed by atoms with Gasteiger partial charge in [-0.15, -0.1) is 11.3 Å². The van der Waals surface area contributed by atoms with Crippen LogP contribution in [0, 0.1) is 18.7 Å². The van der Waals surface area contributed by atoms with E-state index in [4.69, 9.17) is 0 Å². The third-order valence-corrected chi connectivity index (χ3v) is 7.05. The van der Waals surface area contributed by atoms with Crippen LogP contribution in [-0.4, -0.2) is 41.5 Å². The van der Waals surface area contributed by atoms with Crippen LogP contribution in [0.5, 0.6) is 0 Å². The number of carbonyl (C=O) groups excluding carboxylic acids is 1. The largest absolute Gasteiger partial charge is 0.351 e. The number of carbonyl (C=O) groups is 1. The molecule has 2 aromatic rings. The van der Waals surface area contributed by atoms with Crippen LogP contribution in [0.4, 0.5) is 4.39 Å². The van der Waals surface area contributed by atoms with Gasteiger partial charge in [-0.25, -0.2) is 9.37 Å². The third-order valence-electron chi connectivity index (χ3n) is 5.86. The molecule has 0 unspecified atom stereocenters. The molecule has 1 aromatic carbocycles. The minimum Gasteiger partial charge on any atom is -0.351 e. The molecular formula is C21H26FN3OS. The standard InChI is InChI=1S/C21H26FN3OS/c1-14-19(27-21(24-14)16-8-2-3-9-17(16)22)20(26)23-13-15-7-6-12-25-11-5-4-10-18(15)25/h2-3,8-9,15,18H,4-7,10-13H2,1H3,(H,23,26)/t15-,18+/m1/s1. The molecule has 0 spiro atoms. The number of nitrogens with one attached hydrogen (secondary N) is 1. The molecule has 0 aliphatic carbocycles. The van der Waals surface area contributed by atoms with Crippen molar-refractivity contribution in [2.24, 2.45) is 5.92 Å². The summed E-state index contributed by atoms with van der Waals surface area (Å²) in [6, 6.07) is 7.18. The smallest absolute Gasteiger partial charge is 0.263 e. The van der Waals surface area contributed by atoms with E-state index in [9.17, 15) is 9.18 Å². The number of hydrogen-bond donors (Lipinski definition) is 1. The first-order valence-corrected chi connectivity index (χ1v) is 10.7. The van der Waals surface area contributed by atoms with Gasteiger partial charge in [0, 0.05) is 18.2 Å². The van der Waals surface area contributed by atoms with Crippen LogP contribution in [0.1, 0.15) is 47.5 Å². The van der Waals surface area contributed by atoms with Crippen molar-refractivity contribution in [3.63, 3.8) is 0 Å². The van der Waals surface area contributed by atoms with E-state index in [1.165, 1.54) is 62.6 Å². The van der Waals surface area contributed by atoms with Gasteiger partial charge < -0.3 is 10.2 Å². The van der Waals surface area contributed by atoms with E-state index in [1.54, 1.807) is 18.2 Å². The molecule has 2 fully saturated rings. The number of thiazole rings is 1. The van der Waals surface area contributed by atoms with Crippen LogP contribution in [0.2, 0.25) is 0 Å². The molecular weight excluding hydrogens is 361 g/mol. The average molecular weight is 388 g/mol. The van der Waals surface area contributed by atoms with Crippen molar-refractivity contribution in [1.29, 1.82) is 0 Å². The molecule has 4 rings (SSSR count). The Labute approximate surface area is 163 Å². The van der Waals surface area contributed by atoms with Crippen LogP contribution in [0.25, 0.3) is 10.6 Å². The third kappa shape index (κ3) is 3.92. The molecule has 0 bridgehead atoms. The highest BCUT2D eigenvalue weighted by atomic mass is 32.1. The lowest BCUT2D eigenvalue weighted by atomic mass is 9.83. The maximum absolute atomic E-state index is 14.0. The van der Waals surface area contributed by atoms with Crippen molar-refractivity contribution < 1.29 is 9.18 Å². The number of amides is 1. The zero-order valence-electron chi connectivity index (χ0n) is 15.7. The Morgan fingerprint density at radius 1 is 1.26 bits per heavy atom. The number of fused-ring (bicyclic) bond motifs is 1. The van der Waals surface area contributed by atoms with E-state index >= 15 is 0 Å². The Hall–Kier alpha value is -1.79. The molecule has 27 heavy (non-hydrogen) atoms. The van der Waals surface area contributed by atoms with Gasteiger partial charge in [0.1, 0.15) is 15.7 Å². The molecule has 0 saturated carbocycles. The molecule has 1 amide bonds. The van der Waals surface area contributed by atoms with E-state index < -0.39 is 0 Å². The number of aromatic nitrogens is 1. The van der Waals surface area contributed by atoms with E-state index in [0.717, 1.165) is 0 Å². The molecule has 6 heteroatoms. The summed E-state index contributed by atoms with van der Waals surface area (Å²) in [4.78, 5) is 20.4. The Kier molecular flexibility index (Phi) is 5.55. The van der Waals surface area contributed by atoms with E-state index in [2.05, 4.69) is 15.2 Å². The number of benzene rings is 1. The summed E-state index contributed by atoms with van der Waals surface area (Å²) in [5, 5.41) is 3.69. The van der Waals surface area contributed by atoms with Crippen LogP contribution in [0.15, 0.2) is 24.3 Å². The number of nitrogens with zero attached hydrogens (tertiary/aromatic N) is 2. The Bertz CT molecular complexity index is 820. The summed E-state index contributed by atoms with van der Waals surface area (Å²) < 4.78 is 14.0. The van der Waals surface area contributed by atoms with Crippen molar-refractivity contribution >= 4 is 17.2 Å². The lowest BCUT2D eigenvalue weighted by Gasteiger charge is -2.44. The molecule has 1 aromatic heterocycles. The topological polar surface area (TPSA) is 45.2 Å². The molecule has 1 N–H and O–H groups in total. The first-order valence-electron chi connectivity index (χ1n) is 9.88. The quantitative estimate of drug-likeness (QED) is 0.853. The number of halogens is 1. The SMILES string of the molecule is Cc1nc(-c2ccccc2F)sc1C(=O)NC[C@H]1CCCN2CCCC[C@@H]12. The van der Waals surface area contributed by atoms with Gasteiger partial charge in [0.15, 0.2) is 0 Å². The summed E-state index contributed by atoms with van der Waals surface area (Å²) in [7, 11) is 0. The summed E-state index contributed by atoms with van der Waals surface area (Å²) in [6.07, 6.45) is 6.25. The number of rotatable bonds is 4. The maximum atomic E-state index is 14.0. The van der Waals surface area contributed by atoms with Gasteiger partial charge in [0.2, 0.25) is 0 Å². The molecule has 4 nitrogen and oxygen atoms in total. The van der Waals surface area contributed by atoms with E-state index in [0.29, 0.717) is 39.6 Å². The molecule has 2 aliphatic rings. The van der Waals surface area contributed by atoms with Gasteiger partial charge >= 0.3 is 0 Å². The second-order valence-corrected chi connectivity index (χ2v) is 8.62. The van der Waals surface area contributed by atoms with Crippen molar-refractivity contribution in [3.05, 3.63) is 40.7 Å². The number of piperidine rings is 2. The van der Waals surface area contributed by atoms with Gasteiger partial charge in [-0.1, -0.05) is 18.6 Å². The Balaban J connectivity index is 1.43. The zero-order valence-corrected chi connectivity index (χ0v) is 16.5. The van der Waals surface area contributed by atoms with Crippen LogP contribution >= 0.6 is 11.3 Å². The van der Waals surface area contributed by atoms with Crippen LogP contribution in [-0.2, 0) is 0 Å². The lowest BCUT2D eigenvalue weighted by molar-refractivity contribution is 0.0576. The van der Waals surface area contributed by atoms with E-state index in [1.807, 2.05) is 6.92 Å². The molecule has 0 radical (unpaired) electrons. The molecule has 144 valence electrons. The summed E-state index contributed by atoms with van der Waals surface area (Å²) in [5.41, 5.74) is 1.12. The first-order chi connectivity index (χ1) is 13.1. The average Bonchev–Trinajstić information content (AvgIpc) is 3.08. The van der Waals surface area contributed by atoms with Crippen molar-refractivity contribution in [3.8, 4) is 10.6 Å². The number of hydrogen-bond acceptors (Lipinski definition) is 4. The minimum atomic E-state index is -0.308. The molecule has 2 saturated heterocycles. The fraction of sp³-hybridized carbons (Fsp3) is 0.524. The molecule has 3 heterocycles. The highest BCUT2D eigenvalue weighted by Gasteiger charge is 2.33. The van der Waals surface area contributed by atoms with E-state index in [-0.39, 0.29) is 11.7 Å². The fourth-order valence-corrected chi connectivity index (χ4v) is 5.49. The van der Waals surface area contributed by atoms with Crippen LogP contribution < -0.4 is 5.32 Å². The summed E-state index contributed by atoms with van der Waals surface area (Å²) in [6.45, 7) is 4.94. The fourth-order valence-electron chi connectivity index (χ4n) is 4.48. The summed E-state index contributed by atoms with van der Waals surface area (Å²) in [5.74, 6) is 0.139. The monoisotopic (exact) mass is 387 g/mol. The van der Waals surface area contributed by atoms with Crippen LogP contribution in [0.3, 0.4) is 0 Å². The predicted octanol–water partition coefficient (Wildman–Crippen LogP) is 4.25. The second-order valence-electron chi connectivity index (χ2n) is 7.62. The normalized spacial score (nSPS) is 23.0. The highest BCUT2D eigenvalue weighted by molar-refractivity contribution is 7.17. The van der Waals surface area contributed by atoms with Gasteiger partial charge in [-0.2, -0.15) is 0 Å². The number of aryl methyl sites for hydroxylation is 1. The predicted molar refractivity (Wildman–Crippen MR) is 107 cm³/mol. The lowest BCUT2D eigenvalue weighted by Crippen LogP contribution is -2.50. The first kappa shape index (κ1) is 18.6. The van der Waals surface area contributed by atoms with Gasteiger partial charge in [0.05, 0.1) is 5.69 Å². The maximum Gasteiger partial charge on any atom is 0.263 e.